The molecule has 0 bridgehead atoms. The summed E-state index contributed by atoms with van der Waals surface area (Å²) in [6.45, 7) is 1.31. The summed E-state index contributed by atoms with van der Waals surface area (Å²) in [5.74, 6) is -1.71. The number of rotatable bonds is 7. The average Bonchev–Trinajstić information content (AvgIpc) is 2.66. The van der Waals surface area contributed by atoms with E-state index in [1.807, 2.05) is 0 Å². The van der Waals surface area contributed by atoms with E-state index in [9.17, 15) is 18.8 Å². The number of benzene rings is 2. The largest absolute Gasteiger partial charge is 0.454 e. The van der Waals surface area contributed by atoms with Crippen LogP contribution in [0.15, 0.2) is 54.6 Å². The zero-order valence-electron chi connectivity index (χ0n) is 14.2. The van der Waals surface area contributed by atoms with Gasteiger partial charge < -0.3 is 10.1 Å². The molecule has 2 aromatic carbocycles. The Bertz CT molecular complexity index is 828. The number of anilines is 1. The van der Waals surface area contributed by atoms with Gasteiger partial charge in [0, 0.05) is 29.3 Å². The van der Waals surface area contributed by atoms with E-state index >= 15 is 0 Å². The molecule has 0 aromatic heterocycles. The topological polar surface area (TPSA) is 72.5 Å². The average molecular weight is 355 g/mol. The second-order valence-corrected chi connectivity index (χ2v) is 5.36. The van der Waals surface area contributed by atoms with Gasteiger partial charge >= 0.3 is 5.97 Å². The summed E-state index contributed by atoms with van der Waals surface area (Å²) >= 11 is 0. The SMILES string of the molecule is CCC(=O)Nc1ccc(C(=O)COC(=O)/C=C/c2ccccc2F)cc1. The number of halogens is 1. The van der Waals surface area contributed by atoms with Crippen LogP contribution in [0.2, 0.25) is 0 Å². The molecule has 0 spiro atoms. The molecular weight excluding hydrogens is 337 g/mol. The number of ketones is 1. The Morgan fingerprint density at radius 3 is 2.42 bits per heavy atom. The lowest BCUT2D eigenvalue weighted by atomic mass is 10.1. The van der Waals surface area contributed by atoms with Crippen LogP contribution in [0.4, 0.5) is 10.1 Å². The van der Waals surface area contributed by atoms with E-state index in [4.69, 9.17) is 4.74 Å². The number of Topliss-reactive ketones (excluding diaryl/α,β-unsaturated/α-hetero) is 1. The number of amides is 1. The summed E-state index contributed by atoms with van der Waals surface area (Å²) in [7, 11) is 0. The van der Waals surface area contributed by atoms with Gasteiger partial charge in [-0.05, 0) is 36.4 Å². The number of ether oxygens (including phenoxy) is 1. The van der Waals surface area contributed by atoms with Crippen LogP contribution in [0.5, 0.6) is 0 Å². The molecule has 0 atom stereocenters. The smallest absolute Gasteiger partial charge is 0.331 e. The van der Waals surface area contributed by atoms with Gasteiger partial charge in [0.15, 0.2) is 12.4 Å². The zero-order chi connectivity index (χ0) is 18.9. The molecule has 0 saturated carbocycles. The quantitative estimate of drug-likeness (QED) is 0.468. The highest BCUT2D eigenvalue weighted by Gasteiger charge is 2.09. The monoisotopic (exact) mass is 355 g/mol. The maximum Gasteiger partial charge on any atom is 0.331 e. The number of carbonyl (C=O) groups excluding carboxylic acids is 3. The first-order valence-electron chi connectivity index (χ1n) is 8.02. The van der Waals surface area contributed by atoms with Gasteiger partial charge in [0.05, 0.1) is 0 Å². The molecular formula is C20H18FNO4. The normalized spacial score (nSPS) is 10.5. The van der Waals surface area contributed by atoms with Crippen LogP contribution in [0, 0.1) is 5.82 Å². The third-order valence-corrected chi connectivity index (χ3v) is 3.46. The molecule has 134 valence electrons. The van der Waals surface area contributed by atoms with Gasteiger partial charge in [-0.1, -0.05) is 25.1 Å². The minimum absolute atomic E-state index is 0.125. The first kappa shape index (κ1) is 19.1. The van der Waals surface area contributed by atoms with Crippen molar-refractivity contribution < 1.29 is 23.5 Å². The molecule has 0 aliphatic heterocycles. The highest BCUT2D eigenvalue weighted by molar-refractivity contribution is 5.99. The predicted octanol–water partition coefficient (Wildman–Crippen LogP) is 3.61. The van der Waals surface area contributed by atoms with Gasteiger partial charge in [0.2, 0.25) is 5.91 Å². The van der Waals surface area contributed by atoms with Gasteiger partial charge in [-0.2, -0.15) is 0 Å². The molecule has 1 N–H and O–H groups in total. The maximum atomic E-state index is 13.4. The van der Waals surface area contributed by atoms with Crippen molar-refractivity contribution in [2.75, 3.05) is 11.9 Å². The molecule has 0 aliphatic carbocycles. The highest BCUT2D eigenvalue weighted by atomic mass is 19.1. The van der Waals surface area contributed by atoms with Crippen LogP contribution in [-0.4, -0.2) is 24.3 Å². The van der Waals surface area contributed by atoms with Crippen LogP contribution < -0.4 is 5.32 Å². The van der Waals surface area contributed by atoms with E-state index in [1.54, 1.807) is 31.2 Å². The van der Waals surface area contributed by atoms with Gasteiger partial charge in [-0.25, -0.2) is 9.18 Å². The van der Waals surface area contributed by atoms with Crippen molar-refractivity contribution in [2.45, 2.75) is 13.3 Å². The third-order valence-electron chi connectivity index (χ3n) is 3.46. The fraction of sp³-hybridized carbons (Fsp3) is 0.150. The summed E-state index contributed by atoms with van der Waals surface area (Å²) in [4.78, 5) is 35.0. The van der Waals surface area contributed by atoms with Crippen molar-refractivity contribution in [3.8, 4) is 0 Å². The lowest BCUT2D eigenvalue weighted by Crippen LogP contribution is -2.13. The van der Waals surface area contributed by atoms with Crippen molar-refractivity contribution >= 4 is 29.4 Å². The first-order valence-corrected chi connectivity index (χ1v) is 8.02. The van der Waals surface area contributed by atoms with Gasteiger partial charge in [0.1, 0.15) is 5.82 Å². The maximum absolute atomic E-state index is 13.4. The number of hydrogen-bond donors (Lipinski definition) is 1. The highest BCUT2D eigenvalue weighted by Crippen LogP contribution is 2.11. The van der Waals surface area contributed by atoms with Crippen LogP contribution in [-0.2, 0) is 14.3 Å². The minimum atomic E-state index is -0.742. The van der Waals surface area contributed by atoms with E-state index in [0.29, 0.717) is 17.7 Å². The lowest BCUT2D eigenvalue weighted by Gasteiger charge is -2.05. The molecule has 6 heteroatoms. The summed E-state index contributed by atoms with van der Waals surface area (Å²) in [6.07, 6.45) is 2.71. The van der Waals surface area contributed by atoms with E-state index in [-0.39, 0.29) is 17.3 Å². The second-order valence-electron chi connectivity index (χ2n) is 5.36. The molecule has 0 radical (unpaired) electrons. The van der Waals surface area contributed by atoms with Crippen molar-refractivity contribution in [2.24, 2.45) is 0 Å². The van der Waals surface area contributed by atoms with E-state index in [2.05, 4.69) is 5.32 Å². The number of hydrogen-bond acceptors (Lipinski definition) is 4. The van der Waals surface area contributed by atoms with Crippen LogP contribution in [0.1, 0.15) is 29.3 Å². The molecule has 0 fully saturated rings. The molecule has 26 heavy (non-hydrogen) atoms. The van der Waals surface area contributed by atoms with Crippen LogP contribution in [0.3, 0.4) is 0 Å². The summed E-state index contributed by atoms with van der Waals surface area (Å²) in [6, 6.07) is 12.3. The Hall–Kier alpha value is -3.28. The molecule has 0 saturated heterocycles. The Labute approximate surface area is 150 Å². The summed E-state index contributed by atoms with van der Waals surface area (Å²) in [5, 5.41) is 2.67. The fourth-order valence-corrected chi connectivity index (χ4v) is 2.03. The van der Waals surface area contributed by atoms with E-state index in [0.717, 1.165) is 6.08 Å². The van der Waals surface area contributed by atoms with E-state index in [1.165, 1.54) is 30.3 Å². The lowest BCUT2D eigenvalue weighted by molar-refractivity contribution is -0.136. The summed E-state index contributed by atoms with van der Waals surface area (Å²) < 4.78 is 18.3. The van der Waals surface area contributed by atoms with Crippen molar-refractivity contribution in [1.29, 1.82) is 0 Å². The Balaban J connectivity index is 1.87. The molecule has 2 rings (SSSR count). The number of esters is 1. The van der Waals surface area contributed by atoms with Crippen molar-refractivity contribution in [3.63, 3.8) is 0 Å². The number of nitrogens with one attached hydrogen (secondary N) is 1. The number of carbonyl (C=O) groups is 3. The fourth-order valence-electron chi connectivity index (χ4n) is 2.03. The van der Waals surface area contributed by atoms with E-state index < -0.39 is 18.4 Å². The van der Waals surface area contributed by atoms with Gasteiger partial charge in [-0.3, -0.25) is 9.59 Å². The molecule has 0 heterocycles. The molecule has 0 aliphatic rings. The third kappa shape index (κ3) is 5.66. The Kier molecular flexibility index (Phi) is 6.79. The molecule has 2 aromatic rings. The van der Waals surface area contributed by atoms with Gasteiger partial charge in [-0.15, -0.1) is 0 Å². The zero-order valence-corrected chi connectivity index (χ0v) is 14.2. The van der Waals surface area contributed by atoms with Crippen LogP contribution >= 0.6 is 0 Å². The van der Waals surface area contributed by atoms with Crippen LogP contribution in [0.25, 0.3) is 6.08 Å². The minimum Gasteiger partial charge on any atom is -0.454 e. The first-order chi connectivity index (χ1) is 12.5. The second kappa shape index (κ2) is 9.27. The molecule has 5 nitrogen and oxygen atoms in total. The Morgan fingerprint density at radius 1 is 1.08 bits per heavy atom. The predicted molar refractivity (Wildman–Crippen MR) is 96.1 cm³/mol. The molecule has 0 unspecified atom stereocenters. The van der Waals surface area contributed by atoms with Gasteiger partial charge in [0.25, 0.3) is 0 Å². The van der Waals surface area contributed by atoms with Crippen molar-refractivity contribution in [1.82, 2.24) is 0 Å². The standard InChI is InChI=1S/C20H18FNO4/c1-2-19(24)22-16-10-7-15(8-11-16)18(23)13-26-20(25)12-9-14-5-3-4-6-17(14)21/h3-12H,2,13H2,1H3,(H,22,24)/b12-9+. The van der Waals surface area contributed by atoms with Crippen molar-refractivity contribution in [3.05, 3.63) is 71.6 Å². The Morgan fingerprint density at radius 2 is 1.77 bits per heavy atom. The molecule has 1 amide bonds. The summed E-state index contributed by atoms with van der Waals surface area (Å²) in [5.41, 5.74) is 1.18.